The van der Waals surface area contributed by atoms with E-state index in [9.17, 15) is 22.0 Å². The van der Waals surface area contributed by atoms with E-state index < -0.39 is 34.0 Å². The maximum atomic E-state index is 13.8. The van der Waals surface area contributed by atoms with E-state index in [1.807, 2.05) is 6.92 Å². The molecule has 0 aliphatic heterocycles. The largest absolute Gasteiger partial charge is 0.474 e. The summed E-state index contributed by atoms with van der Waals surface area (Å²) in [5.74, 6) is -0.981. The predicted octanol–water partition coefficient (Wildman–Crippen LogP) is 4.03. The molecule has 1 aromatic carbocycles. The van der Waals surface area contributed by atoms with E-state index in [-0.39, 0.29) is 47.0 Å². The lowest BCUT2D eigenvalue weighted by Gasteiger charge is -2.20. The van der Waals surface area contributed by atoms with Crippen LogP contribution >= 0.6 is 0 Å². The second-order valence-corrected chi connectivity index (χ2v) is 11.5. The molecule has 2 saturated carbocycles. The van der Waals surface area contributed by atoms with Crippen LogP contribution in [0.2, 0.25) is 0 Å². The van der Waals surface area contributed by atoms with Crippen LogP contribution in [-0.4, -0.2) is 61.7 Å². The van der Waals surface area contributed by atoms with Gasteiger partial charge in [-0.25, -0.2) is 27.2 Å². The number of amides is 1. The molecule has 0 spiro atoms. The molecule has 2 aliphatic carbocycles. The molecule has 196 valence electrons. The first-order valence-electron chi connectivity index (χ1n) is 12.2. The van der Waals surface area contributed by atoms with Gasteiger partial charge in [0.25, 0.3) is 0 Å². The molecule has 2 aliphatic rings. The maximum absolute atomic E-state index is 13.8. The number of ether oxygens (including phenoxy) is 2. The number of halogens is 2. The fraction of sp³-hybridized carbons (Fsp3) is 0.560. The van der Waals surface area contributed by atoms with Crippen LogP contribution in [0.5, 0.6) is 5.88 Å². The molecule has 0 unspecified atom stereocenters. The van der Waals surface area contributed by atoms with Crippen molar-refractivity contribution in [3.05, 3.63) is 42.2 Å². The minimum atomic E-state index is -3.37. The third-order valence-electron chi connectivity index (χ3n) is 6.53. The molecule has 8 nitrogen and oxygen atoms in total. The average molecular weight is 524 g/mol. The van der Waals surface area contributed by atoms with Gasteiger partial charge in [-0.2, -0.15) is 0 Å². The average Bonchev–Trinajstić information content (AvgIpc) is 3.68. The fourth-order valence-electron chi connectivity index (χ4n) is 4.43. The van der Waals surface area contributed by atoms with Gasteiger partial charge in [0.05, 0.1) is 35.1 Å². The lowest BCUT2D eigenvalue weighted by atomic mass is 9.87. The molecule has 4 rings (SSSR count). The van der Waals surface area contributed by atoms with E-state index in [1.165, 1.54) is 24.5 Å². The lowest BCUT2D eigenvalue weighted by molar-refractivity contribution is -0.118. The molecule has 0 radical (unpaired) electrons. The molecule has 1 N–H and O–H groups in total. The third kappa shape index (κ3) is 6.56. The summed E-state index contributed by atoms with van der Waals surface area (Å²) in [6.07, 6.45) is 1.31. The number of alkyl halides is 2. The number of carbonyl (C=O) groups is 1. The van der Waals surface area contributed by atoms with Crippen molar-refractivity contribution < 1.29 is 31.5 Å². The number of rotatable bonds is 12. The van der Waals surface area contributed by atoms with E-state index >= 15 is 0 Å². The van der Waals surface area contributed by atoms with Crippen molar-refractivity contribution in [1.29, 1.82) is 0 Å². The van der Waals surface area contributed by atoms with E-state index in [2.05, 4.69) is 15.3 Å². The third-order valence-corrected chi connectivity index (χ3v) is 8.81. The molecule has 2 fully saturated rings. The Morgan fingerprint density at radius 3 is 2.36 bits per heavy atom. The molecular weight excluding hydrogens is 492 g/mol. The molecule has 2 aromatic rings. The molecule has 4 atom stereocenters. The van der Waals surface area contributed by atoms with Gasteiger partial charge in [-0.15, -0.1) is 0 Å². The number of aromatic nitrogens is 2. The van der Waals surface area contributed by atoms with Gasteiger partial charge in [-0.1, -0.05) is 12.1 Å². The molecule has 36 heavy (non-hydrogen) atoms. The second-order valence-electron chi connectivity index (χ2n) is 9.25. The van der Waals surface area contributed by atoms with Gasteiger partial charge >= 0.3 is 0 Å². The summed E-state index contributed by atoms with van der Waals surface area (Å²) < 4.78 is 63.3. The maximum Gasteiger partial charge on any atom is 0.233 e. The Kier molecular flexibility index (Phi) is 8.50. The van der Waals surface area contributed by atoms with Crippen molar-refractivity contribution in [2.75, 3.05) is 25.1 Å². The first-order valence-corrected chi connectivity index (χ1v) is 13.8. The smallest absolute Gasteiger partial charge is 0.233 e. The van der Waals surface area contributed by atoms with Crippen molar-refractivity contribution in [3.8, 4) is 5.88 Å². The van der Waals surface area contributed by atoms with Crippen LogP contribution < -0.4 is 10.1 Å². The Hall–Kier alpha value is -2.66. The number of nitrogens with zero attached hydrogens (tertiary/aromatic N) is 2. The van der Waals surface area contributed by atoms with Crippen LogP contribution in [0.4, 0.5) is 14.6 Å². The molecule has 0 saturated heterocycles. The number of nitrogens with one attached hydrogen (secondary N) is 1. The summed E-state index contributed by atoms with van der Waals surface area (Å²) in [4.78, 5) is 21.8. The quantitative estimate of drug-likeness (QED) is 0.419. The van der Waals surface area contributed by atoms with Gasteiger partial charge in [0.2, 0.25) is 11.8 Å². The first-order chi connectivity index (χ1) is 17.3. The Morgan fingerprint density at radius 2 is 1.78 bits per heavy atom. The van der Waals surface area contributed by atoms with E-state index in [0.717, 1.165) is 0 Å². The second kappa shape index (κ2) is 11.6. The Labute approximate surface area is 209 Å². The molecular formula is C25H31F2N3O5S. The Morgan fingerprint density at radius 1 is 1.08 bits per heavy atom. The van der Waals surface area contributed by atoms with Crippen LogP contribution in [0.3, 0.4) is 0 Å². The number of hydrogen-bond acceptors (Lipinski definition) is 7. The van der Waals surface area contributed by atoms with Gasteiger partial charge in [0.15, 0.2) is 15.7 Å². The van der Waals surface area contributed by atoms with Crippen LogP contribution in [0.15, 0.2) is 41.6 Å². The summed E-state index contributed by atoms with van der Waals surface area (Å²) in [5.41, 5.74) is 0.573. The van der Waals surface area contributed by atoms with E-state index in [0.29, 0.717) is 38.2 Å². The fourth-order valence-corrected chi connectivity index (χ4v) is 6.08. The van der Waals surface area contributed by atoms with Crippen LogP contribution in [0.25, 0.3) is 0 Å². The van der Waals surface area contributed by atoms with E-state index in [1.54, 1.807) is 12.1 Å². The number of hydrogen-bond donors (Lipinski definition) is 1. The summed E-state index contributed by atoms with van der Waals surface area (Å²) in [7, 11) is -3.37. The van der Waals surface area contributed by atoms with Crippen LogP contribution in [-0.2, 0) is 19.4 Å². The van der Waals surface area contributed by atoms with Crippen molar-refractivity contribution in [1.82, 2.24) is 9.97 Å². The summed E-state index contributed by atoms with van der Waals surface area (Å²) in [6.45, 7) is 3.20. The predicted molar refractivity (Wildman–Crippen MR) is 129 cm³/mol. The zero-order chi connectivity index (χ0) is 25.7. The SMILES string of the molecule is CCOCCOc1cnc(NC(=O)[C@H](C[C@H]2C[C@@H](F)[C@@H](F)C2)c2ccc(S(=O)(=O)C3CC3)cc2)cn1. The topological polar surface area (TPSA) is 107 Å². The Bertz CT molecular complexity index is 1120. The van der Waals surface area contributed by atoms with Crippen molar-refractivity contribution >= 4 is 21.6 Å². The van der Waals surface area contributed by atoms with Gasteiger partial charge in [0, 0.05) is 6.61 Å². The summed E-state index contributed by atoms with van der Waals surface area (Å²) in [6, 6.07) is 6.22. The monoisotopic (exact) mass is 523 g/mol. The van der Waals surface area contributed by atoms with Gasteiger partial charge in [0.1, 0.15) is 19.0 Å². The molecule has 11 heteroatoms. The number of benzene rings is 1. The van der Waals surface area contributed by atoms with Gasteiger partial charge in [-0.05, 0) is 62.6 Å². The summed E-state index contributed by atoms with van der Waals surface area (Å²) >= 11 is 0. The van der Waals surface area contributed by atoms with Crippen LogP contribution in [0.1, 0.15) is 50.5 Å². The van der Waals surface area contributed by atoms with E-state index in [4.69, 9.17) is 9.47 Å². The molecule has 1 aromatic heterocycles. The van der Waals surface area contributed by atoms with Crippen molar-refractivity contribution in [2.24, 2.45) is 5.92 Å². The minimum absolute atomic E-state index is 0.0483. The van der Waals surface area contributed by atoms with Crippen LogP contribution in [0, 0.1) is 5.92 Å². The Balaban J connectivity index is 1.47. The number of sulfone groups is 1. The molecule has 0 bridgehead atoms. The van der Waals surface area contributed by atoms with Gasteiger partial charge in [-0.3, -0.25) is 4.79 Å². The molecule has 1 heterocycles. The van der Waals surface area contributed by atoms with Gasteiger partial charge < -0.3 is 14.8 Å². The summed E-state index contributed by atoms with van der Waals surface area (Å²) in [5, 5.41) is 2.38. The van der Waals surface area contributed by atoms with Crippen molar-refractivity contribution in [2.45, 2.75) is 67.4 Å². The standard InChI is InChI=1S/C25H31F2N3O5S/c1-2-34-9-10-35-24-15-28-23(14-29-24)30-25(31)20(11-16-12-21(26)22(27)13-16)17-3-5-18(6-4-17)36(32,33)19-7-8-19/h3-6,14-16,19-22H,2,7-13H2,1H3,(H,28,30,31)/t16-,20-,21+,22-/m1/s1. The lowest BCUT2D eigenvalue weighted by Crippen LogP contribution is -2.24. The number of anilines is 1. The number of carbonyl (C=O) groups excluding carboxylic acids is 1. The highest BCUT2D eigenvalue weighted by Crippen LogP contribution is 2.39. The molecule has 1 amide bonds. The zero-order valence-electron chi connectivity index (χ0n) is 20.1. The highest BCUT2D eigenvalue weighted by molar-refractivity contribution is 7.92. The highest BCUT2D eigenvalue weighted by Gasteiger charge is 2.38. The highest BCUT2D eigenvalue weighted by atomic mass is 32.2. The van der Waals surface area contributed by atoms with Crippen molar-refractivity contribution in [3.63, 3.8) is 0 Å². The minimum Gasteiger partial charge on any atom is -0.474 e. The zero-order valence-corrected chi connectivity index (χ0v) is 20.9. The normalized spacial score (nSPS) is 22.8. The first kappa shape index (κ1) is 26.4.